The van der Waals surface area contributed by atoms with Gasteiger partial charge in [0.2, 0.25) is 0 Å². The molecule has 61 heavy (non-hydrogen) atoms. The topological polar surface area (TPSA) is 110 Å². The molecule has 0 bridgehead atoms. The van der Waals surface area contributed by atoms with Crippen LogP contribution in [0.1, 0.15) is 88.1 Å². The molecule has 1 saturated heterocycles. The fourth-order valence-corrected chi connectivity index (χ4v) is 11.1. The van der Waals surface area contributed by atoms with E-state index < -0.39 is 28.8 Å². The van der Waals surface area contributed by atoms with Gasteiger partial charge in [0, 0.05) is 6.42 Å². The third-order valence-corrected chi connectivity index (χ3v) is 23.2. The van der Waals surface area contributed by atoms with Crippen LogP contribution in [0.2, 0.25) is 36.3 Å². The maximum Gasteiger partial charge on any atom is 0.338 e. The molecule has 0 radical (unpaired) electrons. The fraction of sp³-hybridized carbons (Fsp3) is 0.429. The van der Waals surface area contributed by atoms with Gasteiger partial charge in [-0.1, -0.05) is 108 Å². The van der Waals surface area contributed by atoms with E-state index in [0.717, 1.165) is 17.4 Å². The lowest BCUT2D eigenvalue weighted by Crippen LogP contribution is -2.48. The highest BCUT2D eigenvalue weighted by atomic mass is 28.4. The van der Waals surface area contributed by atoms with Gasteiger partial charge >= 0.3 is 5.97 Å². The number of nitrogens with zero attached hydrogens (tertiary/aromatic N) is 4. The van der Waals surface area contributed by atoms with Crippen molar-refractivity contribution >= 4 is 71.9 Å². The molecule has 3 heterocycles. The number of anilines is 1. The average Bonchev–Trinajstić information content (AvgIpc) is 3.83. The molecule has 10 nitrogen and oxygen atoms in total. The van der Waals surface area contributed by atoms with Crippen LogP contribution < -0.4 is 5.32 Å². The van der Waals surface area contributed by atoms with E-state index in [9.17, 15) is 4.79 Å². The van der Waals surface area contributed by atoms with Crippen molar-refractivity contribution in [2.45, 2.75) is 128 Å². The molecular weight excluding hydrogens is 795 g/mol. The van der Waals surface area contributed by atoms with E-state index >= 15 is 0 Å². The van der Waals surface area contributed by atoms with Crippen molar-refractivity contribution in [1.82, 2.24) is 19.5 Å². The zero-order valence-electron chi connectivity index (χ0n) is 37.2. The summed E-state index contributed by atoms with van der Waals surface area (Å²) in [6, 6.07) is 26.5. The molecule has 1 fully saturated rings. The lowest BCUT2D eigenvalue weighted by molar-refractivity contribution is -0.0383. The monoisotopic (exact) mass is 853 g/mol. The Kier molecular flexibility index (Phi) is 10.4. The van der Waals surface area contributed by atoms with Gasteiger partial charge < -0.3 is 23.6 Å². The number of nitrogens with one attached hydrogen (secondary N) is 1. The first-order valence-corrected chi connectivity index (χ1v) is 27.6. The van der Waals surface area contributed by atoms with Crippen molar-refractivity contribution in [2.24, 2.45) is 0 Å². The molecule has 5 atom stereocenters. The van der Waals surface area contributed by atoms with Crippen LogP contribution in [-0.4, -0.2) is 67.0 Å². The zero-order valence-corrected chi connectivity index (χ0v) is 39.2. The Labute approximate surface area is 361 Å². The predicted octanol–water partition coefficient (Wildman–Crippen LogP) is 11.7. The Morgan fingerprint density at radius 2 is 1.52 bits per heavy atom. The third kappa shape index (κ3) is 7.54. The highest BCUT2D eigenvalue weighted by molar-refractivity contribution is 6.74. The molecular formula is C49H59N5O5Si2. The first kappa shape index (κ1) is 41.6. The van der Waals surface area contributed by atoms with Gasteiger partial charge in [-0.15, -0.1) is 0 Å². The first-order chi connectivity index (χ1) is 28.9. The number of aromatic nitrogens is 4. The first-order valence-electron chi connectivity index (χ1n) is 21.8. The number of carbonyl (C=O) groups excluding carboxylic acids is 1. The molecule has 7 aromatic rings. The Bertz CT molecular complexity index is 2720. The Balaban J connectivity index is 1.09. The number of imidazole rings is 1. The van der Waals surface area contributed by atoms with Gasteiger partial charge in [0.05, 0.1) is 30.6 Å². The molecule has 5 aromatic carbocycles. The molecule has 1 N–H and O–H groups in total. The second-order valence-corrected chi connectivity index (χ2v) is 29.7. The summed E-state index contributed by atoms with van der Waals surface area (Å²) in [6.45, 7) is 23.2. The summed E-state index contributed by atoms with van der Waals surface area (Å²) in [7, 11) is -4.22. The normalized spacial score (nSPS) is 21.4. The zero-order chi connectivity index (χ0) is 43.1. The maximum absolute atomic E-state index is 13.7. The average molecular weight is 854 g/mol. The molecule has 0 unspecified atom stereocenters. The van der Waals surface area contributed by atoms with Crippen molar-refractivity contribution in [1.29, 1.82) is 0 Å². The fourth-order valence-electron chi connectivity index (χ4n) is 8.71. The third-order valence-electron chi connectivity index (χ3n) is 14.2. The summed E-state index contributed by atoms with van der Waals surface area (Å²) in [5.74, 6) is 0.216. The van der Waals surface area contributed by atoms with Crippen molar-refractivity contribution in [3.05, 3.63) is 108 Å². The van der Waals surface area contributed by atoms with Crippen molar-refractivity contribution in [2.75, 3.05) is 11.9 Å². The Hall–Kier alpha value is -4.73. The minimum absolute atomic E-state index is 0.0341. The lowest BCUT2D eigenvalue weighted by Gasteiger charge is -2.40. The molecule has 318 valence electrons. The smallest absolute Gasteiger partial charge is 0.338 e. The van der Waals surface area contributed by atoms with Crippen molar-refractivity contribution in [3.8, 4) is 0 Å². The number of rotatable bonds is 10. The van der Waals surface area contributed by atoms with E-state index in [4.69, 9.17) is 33.3 Å². The summed E-state index contributed by atoms with van der Waals surface area (Å²) in [4.78, 5) is 28.3. The van der Waals surface area contributed by atoms with E-state index in [1.807, 2.05) is 29.1 Å². The van der Waals surface area contributed by atoms with Gasteiger partial charge in [-0.05, 0) is 105 Å². The highest BCUT2D eigenvalue weighted by Gasteiger charge is 2.47. The number of fused-ring (bicyclic) bond motifs is 3. The van der Waals surface area contributed by atoms with Gasteiger partial charge in [0.15, 0.2) is 33.6 Å². The Morgan fingerprint density at radius 1 is 0.820 bits per heavy atom. The van der Waals surface area contributed by atoms with E-state index in [-0.39, 0.29) is 34.5 Å². The predicted molar refractivity (Wildman–Crippen MR) is 250 cm³/mol. The Morgan fingerprint density at radius 3 is 2.25 bits per heavy atom. The molecule has 1 aliphatic carbocycles. The molecule has 9 rings (SSSR count). The van der Waals surface area contributed by atoms with E-state index in [0.29, 0.717) is 42.0 Å². The number of hydrogen-bond acceptors (Lipinski definition) is 9. The molecule has 2 aromatic heterocycles. The summed E-state index contributed by atoms with van der Waals surface area (Å²) < 4.78 is 29.3. The van der Waals surface area contributed by atoms with Gasteiger partial charge in [0.25, 0.3) is 0 Å². The van der Waals surface area contributed by atoms with Crippen LogP contribution in [0.25, 0.3) is 43.5 Å². The largest absolute Gasteiger partial charge is 0.456 e. The molecule has 0 saturated carbocycles. The number of aryl methyl sites for hydroxylation is 1. The number of hydrogen-bond donors (Lipinski definition) is 1. The molecule has 2 aliphatic rings. The van der Waals surface area contributed by atoms with Crippen LogP contribution in [0.4, 0.5) is 5.82 Å². The van der Waals surface area contributed by atoms with Crippen LogP contribution in [0, 0.1) is 0 Å². The number of carbonyl (C=O) groups is 1. The van der Waals surface area contributed by atoms with E-state index in [2.05, 4.69) is 122 Å². The SMILES string of the molecule is CC(C)(C)[Si](C)(C)OC[C@H]1O[C@@H](n2cnc3c(N[C@@H]4c5c(cc6ccc7cccc8ccc5c6c78)CC[C@H]4OC(=O)c4ccccc4)ncnc32)C[C@@H]1O[Si](C)(C)C(C)(C)C. The number of esters is 1. The van der Waals surface area contributed by atoms with Crippen LogP contribution in [0.5, 0.6) is 0 Å². The summed E-state index contributed by atoms with van der Waals surface area (Å²) >= 11 is 0. The standard InChI is InChI=1S/C49H59N5O5Si2/c1-48(2,3)60(7,8)56-27-38-37(59-61(9,10)49(4,5)6)26-39(57-38)54-29-52-44-45(50-28-51-46(44)54)53-43-36(58-47(55)32-15-12-11-13-16-32)24-22-34-25-33-20-19-30-17-14-18-31-21-23-35(42(34)43)41(33)40(30)31/h11-21,23,25,28-29,36-39,43H,22,24,26-27H2,1-10H3,(H,50,51,53)/t36-,37+,38-,39-,43+/m1/s1. The quantitative estimate of drug-likeness (QED) is 0.0817. The molecule has 1 aliphatic heterocycles. The number of ether oxygens (including phenoxy) is 2. The highest BCUT2D eigenvalue weighted by Crippen LogP contribution is 2.46. The number of benzene rings is 5. The second-order valence-electron chi connectivity index (χ2n) is 20.2. The van der Waals surface area contributed by atoms with Gasteiger partial charge in [-0.2, -0.15) is 0 Å². The summed E-state index contributed by atoms with van der Waals surface area (Å²) in [5.41, 5.74) is 4.13. The van der Waals surface area contributed by atoms with E-state index in [1.165, 1.54) is 32.5 Å². The molecule has 12 heteroatoms. The van der Waals surface area contributed by atoms with Gasteiger partial charge in [-0.3, -0.25) is 4.57 Å². The van der Waals surface area contributed by atoms with Crippen molar-refractivity contribution < 1.29 is 23.1 Å². The van der Waals surface area contributed by atoms with Crippen LogP contribution in [-0.2, 0) is 24.7 Å². The van der Waals surface area contributed by atoms with Crippen LogP contribution in [0.15, 0.2) is 91.5 Å². The minimum atomic E-state index is -2.16. The van der Waals surface area contributed by atoms with Crippen molar-refractivity contribution in [3.63, 3.8) is 0 Å². The lowest BCUT2D eigenvalue weighted by atomic mass is 9.79. The van der Waals surface area contributed by atoms with Gasteiger partial charge in [0.1, 0.15) is 24.8 Å². The maximum atomic E-state index is 13.7. The minimum Gasteiger partial charge on any atom is -0.456 e. The van der Waals surface area contributed by atoms with Gasteiger partial charge in [-0.25, -0.2) is 19.7 Å². The molecule has 0 amide bonds. The van der Waals surface area contributed by atoms with Crippen LogP contribution >= 0.6 is 0 Å². The summed E-state index contributed by atoms with van der Waals surface area (Å²) in [6.07, 6.45) is 4.19. The van der Waals surface area contributed by atoms with E-state index in [1.54, 1.807) is 18.5 Å². The summed E-state index contributed by atoms with van der Waals surface area (Å²) in [5, 5.41) is 11.1. The molecule has 0 spiro atoms. The second kappa shape index (κ2) is 15.3. The van der Waals surface area contributed by atoms with Crippen LogP contribution in [0.3, 0.4) is 0 Å².